The largest absolute Gasteiger partial charge is 0.493 e. The Kier molecular flexibility index (Phi) is 7.02. The van der Waals surface area contributed by atoms with Gasteiger partial charge in [0.25, 0.3) is 5.91 Å². The zero-order chi connectivity index (χ0) is 18.9. The molecule has 2 aromatic carbocycles. The molecule has 26 heavy (non-hydrogen) atoms. The van der Waals surface area contributed by atoms with Crippen molar-refractivity contribution >= 4 is 11.9 Å². The molecule has 138 valence electrons. The van der Waals surface area contributed by atoms with Gasteiger partial charge in [0, 0.05) is 0 Å². The molecule has 0 aliphatic rings. The summed E-state index contributed by atoms with van der Waals surface area (Å²) in [4.78, 5) is 24.2. The first-order chi connectivity index (χ1) is 12.5. The van der Waals surface area contributed by atoms with Crippen molar-refractivity contribution in [3.05, 3.63) is 59.7 Å². The summed E-state index contributed by atoms with van der Waals surface area (Å²) in [5.74, 6) is 0.00815. The Morgan fingerprint density at radius 1 is 1.08 bits per heavy atom. The Morgan fingerprint density at radius 2 is 1.81 bits per heavy atom. The molecule has 0 unspecified atom stereocenters. The minimum Gasteiger partial charge on any atom is -0.493 e. The van der Waals surface area contributed by atoms with E-state index in [-0.39, 0.29) is 24.1 Å². The number of carbonyl (C=O) groups excluding carboxylic acids is 2. The number of methoxy groups -OCH3 is 1. The van der Waals surface area contributed by atoms with E-state index in [0.717, 1.165) is 5.56 Å². The van der Waals surface area contributed by atoms with Crippen LogP contribution in [0.15, 0.2) is 48.5 Å². The molecule has 0 spiro atoms. The second-order valence-corrected chi connectivity index (χ2v) is 5.57. The Bertz CT molecular complexity index is 745. The average Bonchev–Trinajstić information content (AvgIpc) is 2.67. The number of carbonyl (C=O) groups is 2. The molecule has 6 heteroatoms. The molecule has 0 saturated carbocycles. The number of benzene rings is 2. The maximum atomic E-state index is 12.2. The fourth-order valence-electron chi connectivity index (χ4n) is 2.39. The summed E-state index contributed by atoms with van der Waals surface area (Å²) >= 11 is 0. The van der Waals surface area contributed by atoms with Gasteiger partial charge in [0.2, 0.25) is 0 Å². The van der Waals surface area contributed by atoms with Crippen molar-refractivity contribution in [1.29, 1.82) is 0 Å². The van der Waals surface area contributed by atoms with Crippen molar-refractivity contribution in [2.24, 2.45) is 0 Å². The van der Waals surface area contributed by atoms with Crippen LogP contribution < -0.4 is 14.8 Å². The molecule has 0 aromatic heterocycles. The third kappa shape index (κ3) is 5.24. The van der Waals surface area contributed by atoms with Gasteiger partial charge in [0.1, 0.15) is 0 Å². The number of hydrogen-bond acceptors (Lipinski definition) is 5. The Morgan fingerprint density at radius 3 is 2.46 bits per heavy atom. The van der Waals surface area contributed by atoms with Crippen molar-refractivity contribution in [2.75, 3.05) is 20.3 Å². The van der Waals surface area contributed by atoms with Gasteiger partial charge >= 0.3 is 5.97 Å². The minimum atomic E-state index is -0.601. The Hall–Kier alpha value is -3.02. The van der Waals surface area contributed by atoms with Crippen molar-refractivity contribution < 1.29 is 23.8 Å². The smallest absolute Gasteiger partial charge is 0.338 e. The maximum absolute atomic E-state index is 12.2. The highest BCUT2D eigenvalue weighted by Crippen LogP contribution is 2.28. The van der Waals surface area contributed by atoms with E-state index in [4.69, 9.17) is 14.2 Å². The summed E-state index contributed by atoms with van der Waals surface area (Å²) in [5.41, 5.74) is 1.27. The molecule has 2 aromatic rings. The molecule has 1 atom stereocenters. The Balaban J connectivity index is 1.91. The number of rotatable bonds is 8. The van der Waals surface area contributed by atoms with Crippen molar-refractivity contribution in [2.45, 2.75) is 19.9 Å². The molecule has 0 bridgehead atoms. The normalized spacial score (nSPS) is 11.3. The van der Waals surface area contributed by atoms with Crippen LogP contribution in [-0.2, 0) is 9.53 Å². The molecule has 6 nitrogen and oxygen atoms in total. The lowest BCUT2D eigenvalue weighted by Gasteiger charge is -2.14. The van der Waals surface area contributed by atoms with Crippen LogP contribution >= 0.6 is 0 Å². The van der Waals surface area contributed by atoms with E-state index in [1.807, 2.05) is 44.2 Å². The van der Waals surface area contributed by atoms with E-state index in [2.05, 4.69) is 5.32 Å². The number of hydrogen-bond donors (Lipinski definition) is 1. The third-order valence-corrected chi connectivity index (χ3v) is 3.71. The molecule has 0 aliphatic heterocycles. The third-order valence-electron chi connectivity index (χ3n) is 3.71. The zero-order valence-corrected chi connectivity index (χ0v) is 15.2. The van der Waals surface area contributed by atoms with Gasteiger partial charge < -0.3 is 19.5 Å². The van der Waals surface area contributed by atoms with Gasteiger partial charge in [-0.15, -0.1) is 0 Å². The van der Waals surface area contributed by atoms with E-state index in [9.17, 15) is 9.59 Å². The summed E-state index contributed by atoms with van der Waals surface area (Å²) in [6, 6.07) is 14.1. The molecule has 0 heterocycles. The minimum absolute atomic E-state index is 0.173. The van der Waals surface area contributed by atoms with Crippen LogP contribution in [0.2, 0.25) is 0 Å². The van der Waals surface area contributed by atoms with Crippen LogP contribution in [0.25, 0.3) is 0 Å². The van der Waals surface area contributed by atoms with Gasteiger partial charge in [-0.2, -0.15) is 0 Å². The molecule has 0 saturated heterocycles. The lowest BCUT2D eigenvalue weighted by atomic mass is 10.1. The summed E-state index contributed by atoms with van der Waals surface area (Å²) < 4.78 is 15.7. The molecule has 2 rings (SSSR count). The van der Waals surface area contributed by atoms with E-state index in [0.29, 0.717) is 18.1 Å². The number of amides is 1. The van der Waals surface area contributed by atoms with Gasteiger partial charge in [-0.3, -0.25) is 4.79 Å². The maximum Gasteiger partial charge on any atom is 0.338 e. The summed E-state index contributed by atoms with van der Waals surface area (Å²) in [5, 5.41) is 2.79. The topological polar surface area (TPSA) is 73.9 Å². The monoisotopic (exact) mass is 357 g/mol. The van der Waals surface area contributed by atoms with E-state index < -0.39 is 5.97 Å². The zero-order valence-electron chi connectivity index (χ0n) is 15.2. The van der Waals surface area contributed by atoms with Crippen LogP contribution in [0.1, 0.15) is 35.8 Å². The summed E-state index contributed by atoms with van der Waals surface area (Å²) in [7, 11) is 1.52. The number of nitrogens with one attached hydrogen (secondary N) is 1. The van der Waals surface area contributed by atoms with Gasteiger partial charge in [-0.1, -0.05) is 30.3 Å². The lowest BCUT2D eigenvalue weighted by molar-refractivity contribution is -0.124. The highest BCUT2D eigenvalue weighted by molar-refractivity contribution is 5.92. The van der Waals surface area contributed by atoms with E-state index >= 15 is 0 Å². The average molecular weight is 357 g/mol. The van der Waals surface area contributed by atoms with Crippen LogP contribution in [0.4, 0.5) is 0 Å². The van der Waals surface area contributed by atoms with E-state index in [1.165, 1.54) is 13.2 Å². The van der Waals surface area contributed by atoms with E-state index in [1.54, 1.807) is 12.1 Å². The highest BCUT2D eigenvalue weighted by Gasteiger charge is 2.15. The van der Waals surface area contributed by atoms with Crippen molar-refractivity contribution in [1.82, 2.24) is 5.32 Å². The highest BCUT2D eigenvalue weighted by atomic mass is 16.5. The van der Waals surface area contributed by atoms with Crippen LogP contribution in [0.5, 0.6) is 11.5 Å². The second-order valence-electron chi connectivity index (χ2n) is 5.57. The van der Waals surface area contributed by atoms with Crippen molar-refractivity contribution in [3.63, 3.8) is 0 Å². The molecular weight excluding hydrogens is 334 g/mol. The molecule has 0 aliphatic carbocycles. The molecule has 1 N–H and O–H groups in total. The van der Waals surface area contributed by atoms with Gasteiger partial charge in [-0.25, -0.2) is 4.79 Å². The van der Waals surface area contributed by atoms with Gasteiger partial charge in [-0.05, 0) is 37.6 Å². The van der Waals surface area contributed by atoms with Gasteiger partial charge in [0.15, 0.2) is 18.1 Å². The van der Waals surface area contributed by atoms with Gasteiger partial charge in [0.05, 0.1) is 25.3 Å². The first-order valence-corrected chi connectivity index (χ1v) is 8.37. The SMILES string of the molecule is CCOc1cc(C(=O)OCC(=O)N[C@H](C)c2ccccc2)ccc1OC. The molecule has 0 fully saturated rings. The second kappa shape index (κ2) is 9.46. The summed E-state index contributed by atoms with van der Waals surface area (Å²) in [6.45, 7) is 3.79. The first-order valence-electron chi connectivity index (χ1n) is 8.37. The van der Waals surface area contributed by atoms with Crippen LogP contribution in [0, 0.1) is 0 Å². The van der Waals surface area contributed by atoms with Crippen LogP contribution in [0.3, 0.4) is 0 Å². The molecule has 0 radical (unpaired) electrons. The first kappa shape index (κ1) is 19.3. The lowest BCUT2D eigenvalue weighted by Crippen LogP contribution is -2.31. The number of esters is 1. The predicted octanol–water partition coefficient (Wildman–Crippen LogP) is 3.13. The fraction of sp³-hybridized carbons (Fsp3) is 0.300. The molecule has 1 amide bonds. The standard InChI is InChI=1S/C20H23NO5/c1-4-25-18-12-16(10-11-17(18)24-3)20(23)26-13-19(22)21-14(2)15-8-6-5-7-9-15/h5-12,14H,4,13H2,1-3H3,(H,21,22)/t14-/m1/s1. The Labute approximate surface area is 153 Å². The fourth-order valence-corrected chi connectivity index (χ4v) is 2.39. The predicted molar refractivity (Wildman–Crippen MR) is 97.4 cm³/mol. The van der Waals surface area contributed by atoms with Crippen molar-refractivity contribution in [3.8, 4) is 11.5 Å². The number of ether oxygens (including phenoxy) is 3. The quantitative estimate of drug-likeness (QED) is 0.735. The van der Waals surface area contributed by atoms with Crippen LogP contribution in [-0.4, -0.2) is 32.2 Å². The molecular formula is C20H23NO5. The summed E-state index contributed by atoms with van der Waals surface area (Å²) in [6.07, 6.45) is 0.